The van der Waals surface area contributed by atoms with Gasteiger partial charge in [-0.05, 0) is 93.0 Å². The van der Waals surface area contributed by atoms with Gasteiger partial charge >= 0.3 is 0 Å². The lowest BCUT2D eigenvalue weighted by atomic mass is 9.75. The van der Waals surface area contributed by atoms with E-state index in [4.69, 9.17) is 0 Å². The molecule has 0 saturated carbocycles. The van der Waals surface area contributed by atoms with Crippen LogP contribution in [0.5, 0.6) is 0 Å². The lowest BCUT2D eigenvalue weighted by Gasteiger charge is -2.34. The van der Waals surface area contributed by atoms with Gasteiger partial charge in [-0.25, -0.2) is 0 Å². The van der Waals surface area contributed by atoms with Crippen molar-refractivity contribution in [1.82, 2.24) is 4.57 Å². The molecule has 2 nitrogen and oxygen atoms in total. The second-order valence-electron chi connectivity index (χ2n) is 15.0. The molecule has 2 heteroatoms. The molecule has 0 unspecified atom stereocenters. The molecule has 10 rings (SSSR count). The molecule has 0 N–H and O–H groups in total. The molecule has 2 heterocycles. The van der Waals surface area contributed by atoms with Gasteiger partial charge in [-0.3, -0.25) is 0 Å². The molecule has 2 aliphatic rings. The van der Waals surface area contributed by atoms with Crippen molar-refractivity contribution < 1.29 is 0 Å². The predicted octanol–water partition coefficient (Wildman–Crippen LogP) is 13.9. The van der Waals surface area contributed by atoms with E-state index in [2.05, 4.69) is 195 Å². The third-order valence-electron chi connectivity index (χ3n) is 11.6. The smallest absolute Gasteiger partial charge is 0.0582 e. The van der Waals surface area contributed by atoms with Crippen molar-refractivity contribution in [2.24, 2.45) is 0 Å². The van der Waals surface area contributed by atoms with Gasteiger partial charge in [0, 0.05) is 38.7 Å². The Bertz CT molecular complexity index is 2640. The summed E-state index contributed by atoms with van der Waals surface area (Å²) >= 11 is 0. The summed E-state index contributed by atoms with van der Waals surface area (Å²) in [5.74, 6) is 0. The minimum atomic E-state index is -0.0926. The Morgan fingerprint density at radius 3 is 1.79 bits per heavy atom. The van der Waals surface area contributed by atoms with E-state index < -0.39 is 0 Å². The van der Waals surface area contributed by atoms with Crippen molar-refractivity contribution in [2.45, 2.75) is 52.4 Å². The average molecular weight is 673 g/mol. The normalized spacial score (nSPS) is 14.3. The molecular formula is C50H44N2. The van der Waals surface area contributed by atoms with Crippen LogP contribution in [0.3, 0.4) is 0 Å². The average Bonchev–Trinajstić information content (AvgIpc) is 3.64. The zero-order chi connectivity index (χ0) is 35.8. The molecule has 0 spiro atoms. The standard InChI is InChI=1S/C48H38N2.C2H6/c1-47(2)40-17-9-8-15-36(40)37-27-25-35(30-43(37)47)49(33-23-21-32(22-24-33)31-13-6-5-7-14-31)34-26-28-44-39(29-34)38-16-12-19-42-46(38)50(44)45-20-11-10-18-41(45)48(42,3)4;1-2/h5-30H,1-4H3;1-2H3. The number of hydrogen-bond donors (Lipinski definition) is 0. The highest BCUT2D eigenvalue weighted by Gasteiger charge is 2.37. The van der Waals surface area contributed by atoms with E-state index in [-0.39, 0.29) is 10.8 Å². The third kappa shape index (κ3) is 4.57. The van der Waals surface area contributed by atoms with Crippen molar-refractivity contribution in [1.29, 1.82) is 0 Å². The Morgan fingerprint density at radius 2 is 1.00 bits per heavy atom. The van der Waals surface area contributed by atoms with Gasteiger partial charge in [-0.1, -0.05) is 151 Å². The Hall–Kier alpha value is -5.86. The van der Waals surface area contributed by atoms with Crippen molar-refractivity contribution in [2.75, 3.05) is 4.90 Å². The monoisotopic (exact) mass is 672 g/mol. The molecule has 254 valence electrons. The van der Waals surface area contributed by atoms with Crippen LogP contribution in [0.2, 0.25) is 0 Å². The number of aromatic nitrogens is 1. The zero-order valence-corrected chi connectivity index (χ0v) is 30.9. The fraction of sp³-hybridized carbons (Fsp3) is 0.160. The van der Waals surface area contributed by atoms with Gasteiger partial charge in [0.1, 0.15) is 0 Å². The highest BCUT2D eigenvalue weighted by atomic mass is 15.1. The third-order valence-corrected chi connectivity index (χ3v) is 11.6. The van der Waals surface area contributed by atoms with Crippen LogP contribution in [-0.4, -0.2) is 4.57 Å². The van der Waals surface area contributed by atoms with E-state index in [0.717, 1.165) is 17.1 Å². The fourth-order valence-corrected chi connectivity index (χ4v) is 9.00. The van der Waals surface area contributed by atoms with Crippen LogP contribution >= 0.6 is 0 Å². The summed E-state index contributed by atoms with van der Waals surface area (Å²) in [6, 6.07) is 58.5. The van der Waals surface area contributed by atoms with Crippen LogP contribution < -0.4 is 4.90 Å². The van der Waals surface area contributed by atoms with Gasteiger partial charge in [0.2, 0.25) is 0 Å². The summed E-state index contributed by atoms with van der Waals surface area (Å²) in [6.07, 6.45) is 0. The molecule has 0 amide bonds. The van der Waals surface area contributed by atoms with Crippen molar-refractivity contribution in [3.05, 3.63) is 180 Å². The summed E-state index contributed by atoms with van der Waals surface area (Å²) in [5, 5.41) is 2.57. The highest BCUT2D eigenvalue weighted by Crippen LogP contribution is 2.52. The number of anilines is 3. The molecule has 8 aromatic rings. The minimum Gasteiger partial charge on any atom is -0.310 e. The quantitative estimate of drug-likeness (QED) is 0.181. The van der Waals surface area contributed by atoms with Crippen LogP contribution in [-0.2, 0) is 10.8 Å². The van der Waals surface area contributed by atoms with Crippen molar-refractivity contribution in [3.63, 3.8) is 0 Å². The van der Waals surface area contributed by atoms with Crippen molar-refractivity contribution in [3.8, 4) is 27.9 Å². The largest absolute Gasteiger partial charge is 0.310 e. The first-order chi connectivity index (χ1) is 25.3. The van der Waals surface area contributed by atoms with E-state index >= 15 is 0 Å². The summed E-state index contributed by atoms with van der Waals surface area (Å²) in [4.78, 5) is 2.44. The topological polar surface area (TPSA) is 8.17 Å². The number of nitrogens with zero attached hydrogens (tertiary/aromatic N) is 2. The molecule has 1 aliphatic heterocycles. The van der Waals surface area contributed by atoms with Crippen LogP contribution in [0.25, 0.3) is 49.7 Å². The fourth-order valence-electron chi connectivity index (χ4n) is 9.00. The Balaban J connectivity index is 0.00000177. The Morgan fingerprint density at radius 1 is 0.423 bits per heavy atom. The maximum absolute atomic E-state index is 2.50. The Labute approximate surface area is 307 Å². The maximum atomic E-state index is 2.50. The molecule has 0 bridgehead atoms. The molecule has 0 atom stereocenters. The second-order valence-corrected chi connectivity index (χ2v) is 15.0. The van der Waals surface area contributed by atoms with E-state index in [1.165, 1.54) is 72.0 Å². The van der Waals surface area contributed by atoms with Gasteiger partial charge in [0.15, 0.2) is 0 Å². The molecule has 0 radical (unpaired) electrons. The minimum absolute atomic E-state index is 0.0893. The summed E-state index contributed by atoms with van der Waals surface area (Å²) in [7, 11) is 0. The highest BCUT2D eigenvalue weighted by molar-refractivity contribution is 6.13. The van der Waals surface area contributed by atoms with Crippen molar-refractivity contribution >= 4 is 38.9 Å². The van der Waals surface area contributed by atoms with E-state index in [1.807, 2.05) is 13.8 Å². The summed E-state index contributed by atoms with van der Waals surface area (Å²) < 4.78 is 2.50. The van der Waals surface area contributed by atoms with Gasteiger partial charge < -0.3 is 9.47 Å². The second kappa shape index (κ2) is 11.9. The molecule has 1 aliphatic carbocycles. The molecule has 1 aromatic heterocycles. The Kier molecular flexibility index (Phi) is 7.31. The number of rotatable bonds is 4. The molecule has 7 aromatic carbocycles. The van der Waals surface area contributed by atoms with Crippen LogP contribution in [0, 0.1) is 0 Å². The lowest BCUT2D eigenvalue weighted by molar-refractivity contribution is 0.630. The van der Waals surface area contributed by atoms with Gasteiger partial charge in [0.05, 0.1) is 16.7 Å². The van der Waals surface area contributed by atoms with Crippen LogP contribution in [0.1, 0.15) is 63.8 Å². The molecule has 52 heavy (non-hydrogen) atoms. The van der Waals surface area contributed by atoms with Gasteiger partial charge in [-0.2, -0.15) is 0 Å². The molecular weight excluding hydrogens is 629 g/mol. The lowest BCUT2D eigenvalue weighted by Crippen LogP contribution is -2.26. The van der Waals surface area contributed by atoms with Gasteiger partial charge in [-0.15, -0.1) is 0 Å². The van der Waals surface area contributed by atoms with Crippen LogP contribution in [0.4, 0.5) is 17.1 Å². The van der Waals surface area contributed by atoms with E-state index in [1.54, 1.807) is 0 Å². The summed E-state index contributed by atoms with van der Waals surface area (Å²) in [5.41, 5.74) is 17.7. The number of hydrogen-bond acceptors (Lipinski definition) is 1. The first-order valence-corrected chi connectivity index (χ1v) is 18.7. The van der Waals surface area contributed by atoms with Gasteiger partial charge in [0.25, 0.3) is 0 Å². The molecule has 0 fully saturated rings. The number of benzene rings is 7. The summed E-state index contributed by atoms with van der Waals surface area (Å²) in [6.45, 7) is 13.4. The predicted molar refractivity (Wildman–Crippen MR) is 222 cm³/mol. The maximum Gasteiger partial charge on any atom is 0.0582 e. The zero-order valence-electron chi connectivity index (χ0n) is 30.9. The van der Waals surface area contributed by atoms with E-state index in [9.17, 15) is 0 Å². The SMILES string of the molecule is CC.CC1(C)c2ccccc2-c2ccc(N(c3ccc(-c4ccccc4)cc3)c3ccc4c(c3)c3cccc5c3n4-c3ccccc3C5(C)C)cc21. The number of para-hydroxylation sites is 2. The molecule has 0 saturated heterocycles. The number of fused-ring (bicyclic) bond motifs is 8. The van der Waals surface area contributed by atoms with Crippen LogP contribution in [0.15, 0.2) is 158 Å². The first kappa shape index (κ1) is 32.1. The first-order valence-electron chi connectivity index (χ1n) is 18.7. The van der Waals surface area contributed by atoms with E-state index in [0.29, 0.717) is 0 Å².